The molecule has 6 heteroatoms. The van der Waals surface area contributed by atoms with Crippen LogP contribution in [0.1, 0.15) is 32.8 Å². The summed E-state index contributed by atoms with van der Waals surface area (Å²) < 4.78 is 11.1. The number of carbonyl (C=O) groups is 1. The predicted octanol–water partition coefficient (Wildman–Crippen LogP) is 5.46. The third kappa shape index (κ3) is 6.04. The quantitative estimate of drug-likeness (QED) is 0.473. The monoisotopic (exact) mass is 398 g/mol. The molecule has 0 aromatic heterocycles. The highest BCUT2D eigenvalue weighted by molar-refractivity contribution is 6.32. The zero-order valence-electron chi connectivity index (χ0n) is 16.2. The van der Waals surface area contributed by atoms with Crippen molar-refractivity contribution in [2.45, 2.75) is 33.3 Å². The molecule has 28 heavy (non-hydrogen) atoms. The summed E-state index contributed by atoms with van der Waals surface area (Å²) in [6.07, 6.45) is 2.40. The maximum Gasteiger partial charge on any atom is 0.266 e. The molecule has 2 aromatic rings. The molecule has 0 aliphatic rings. The van der Waals surface area contributed by atoms with Gasteiger partial charge in [-0.1, -0.05) is 24.6 Å². The normalized spacial score (nSPS) is 12.0. The molecule has 146 valence electrons. The van der Waals surface area contributed by atoms with Crippen LogP contribution in [0.4, 0.5) is 5.69 Å². The Hall–Kier alpha value is -2.97. The van der Waals surface area contributed by atoms with E-state index in [1.807, 2.05) is 26.8 Å². The lowest BCUT2D eigenvalue weighted by Gasteiger charge is -2.14. The molecule has 0 saturated carbocycles. The summed E-state index contributed by atoms with van der Waals surface area (Å²) in [6, 6.07) is 14.0. The Morgan fingerprint density at radius 3 is 2.54 bits per heavy atom. The van der Waals surface area contributed by atoms with E-state index in [1.165, 1.54) is 6.08 Å². The number of halogens is 1. The van der Waals surface area contributed by atoms with Gasteiger partial charge in [-0.05, 0) is 68.3 Å². The van der Waals surface area contributed by atoms with Gasteiger partial charge in [0.1, 0.15) is 23.1 Å². The Balaban J connectivity index is 2.13. The molecule has 1 N–H and O–H groups in total. The summed E-state index contributed by atoms with van der Waals surface area (Å²) in [4.78, 5) is 12.4. The van der Waals surface area contributed by atoms with E-state index in [0.29, 0.717) is 34.4 Å². The van der Waals surface area contributed by atoms with Crippen LogP contribution in [-0.2, 0) is 4.79 Å². The first kappa shape index (κ1) is 21.3. The van der Waals surface area contributed by atoms with Crippen LogP contribution in [-0.4, -0.2) is 18.6 Å². The van der Waals surface area contributed by atoms with Gasteiger partial charge < -0.3 is 14.8 Å². The van der Waals surface area contributed by atoms with Crippen LogP contribution < -0.4 is 14.8 Å². The summed E-state index contributed by atoms with van der Waals surface area (Å²) in [5.41, 5.74) is 1.19. The van der Waals surface area contributed by atoms with Crippen molar-refractivity contribution >= 4 is 29.3 Å². The van der Waals surface area contributed by atoms with Gasteiger partial charge in [-0.3, -0.25) is 4.79 Å². The van der Waals surface area contributed by atoms with Gasteiger partial charge in [0.05, 0.1) is 17.7 Å². The van der Waals surface area contributed by atoms with Crippen molar-refractivity contribution in [3.63, 3.8) is 0 Å². The first-order valence-electron chi connectivity index (χ1n) is 9.09. The second-order valence-electron chi connectivity index (χ2n) is 6.11. The lowest BCUT2D eigenvalue weighted by atomic mass is 10.1. The second-order valence-corrected chi connectivity index (χ2v) is 6.52. The Kier molecular flexibility index (Phi) is 7.91. The largest absolute Gasteiger partial charge is 0.494 e. The van der Waals surface area contributed by atoms with Crippen molar-refractivity contribution in [1.82, 2.24) is 0 Å². The summed E-state index contributed by atoms with van der Waals surface area (Å²) >= 11 is 6.26. The number of anilines is 1. The van der Waals surface area contributed by atoms with E-state index in [4.69, 9.17) is 21.1 Å². The standard InChI is InChI=1S/C22H23ClN2O3/c1-4-15(3)28-21-11-6-16(13-20(21)23)12-17(14-24)22(26)25-18-7-9-19(10-8-18)27-5-2/h6-13,15H,4-5H2,1-3H3,(H,25,26)/b17-12-/t15-/m0/s1. The molecule has 1 amide bonds. The van der Waals surface area contributed by atoms with E-state index in [9.17, 15) is 10.1 Å². The molecule has 0 spiro atoms. The summed E-state index contributed by atoms with van der Waals surface area (Å²) in [5, 5.41) is 12.5. The molecule has 0 unspecified atom stereocenters. The molecule has 0 bridgehead atoms. The topological polar surface area (TPSA) is 71.3 Å². The van der Waals surface area contributed by atoms with Crippen molar-refractivity contribution in [3.05, 3.63) is 58.6 Å². The number of hydrogen-bond acceptors (Lipinski definition) is 4. The zero-order valence-corrected chi connectivity index (χ0v) is 16.9. The van der Waals surface area contributed by atoms with Crippen LogP contribution in [0.15, 0.2) is 48.0 Å². The highest BCUT2D eigenvalue weighted by atomic mass is 35.5. The van der Waals surface area contributed by atoms with Gasteiger partial charge in [0.2, 0.25) is 0 Å². The van der Waals surface area contributed by atoms with Gasteiger partial charge in [0.15, 0.2) is 0 Å². The zero-order chi connectivity index (χ0) is 20.5. The fraction of sp³-hybridized carbons (Fsp3) is 0.273. The Bertz CT molecular complexity index is 886. The van der Waals surface area contributed by atoms with Crippen LogP contribution in [0, 0.1) is 11.3 Å². The van der Waals surface area contributed by atoms with Gasteiger partial charge in [0, 0.05) is 5.69 Å². The lowest BCUT2D eigenvalue weighted by Crippen LogP contribution is -2.13. The minimum atomic E-state index is -0.497. The van der Waals surface area contributed by atoms with Gasteiger partial charge in [-0.2, -0.15) is 5.26 Å². The second kappa shape index (κ2) is 10.4. The first-order chi connectivity index (χ1) is 13.5. The van der Waals surface area contributed by atoms with Crippen LogP contribution in [0.5, 0.6) is 11.5 Å². The van der Waals surface area contributed by atoms with Gasteiger partial charge in [-0.25, -0.2) is 0 Å². The van der Waals surface area contributed by atoms with Crippen LogP contribution in [0.2, 0.25) is 5.02 Å². The Morgan fingerprint density at radius 1 is 1.25 bits per heavy atom. The van der Waals surface area contributed by atoms with Gasteiger partial charge in [-0.15, -0.1) is 0 Å². The smallest absolute Gasteiger partial charge is 0.266 e. The van der Waals surface area contributed by atoms with Crippen LogP contribution in [0.3, 0.4) is 0 Å². The van der Waals surface area contributed by atoms with Crippen molar-refractivity contribution in [2.75, 3.05) is 11.9 Å². The van der Waals surface area contributed by atoms with E-state index in [1.54, 1.807) is 42.5 Å². The first-order valence-corrected chi connectivity index (χ1v) is 9.46. The van der Waals surface area contributed by atoms with E-state index in [2.05, 4.69) is 5.32 Å². The predicted molar refractivity (Wildman–Crippen MR) is 112 cm³/mol. The average molecular weight is 399 g/mol. The van der Waals surface area contributed by atoms with Gasteiger partial charge >= 0.3 is 0 Å². The van der Waals surface area contributed by atoms with Crippen LogP contribution in [0.25, 0.3) is 6.08 Å². The SMILES string of the molecule is CCOc1ccc(NC(=O)/C(C#N)=C\c2ccc(O[C@@H](C)CC)c(Cl)c2)cc1. The van der Waals surface area contributed by atoms with Crippen LogP contribution >= 0.6 is 11.6 Å². The highest BCUT2D eigenvalue weighted by Gasteiger charge is 2.11. The Morgan fingerprint density at radius 2 is 1.96 bits per heavy atom. The van der Waals surface area contributed by atoms with E-state index < -0.39 is 5.91 Å². The fourth-order valence-corrected chi connectivity index (χ4v) is 2.55. The summed E-state index contributed by atoms with van der Waals surface area (Å²) in [6.45, 7) is 6.45. The maximum atomic E-state index is 12.4. The number of carbonyl (C=O) groups excluding carboxylic acids is 1. The number of amides is 1. The number of nitriles is 1. The fourth-order valence-electron chi connectivity index (χ4n) is 2.32. The summed E-state index contributed by atoms with van der Waals surface area (Å²) in [7, 11) is 0. The average Bonchev–Trinajstić information content (AvgIpc) is 2.69. The molecular weight excluding hydrogens is 376 g/mol. The van der Waals surface area contributed by atoms with Crippen molar-refractivity contribution in [3.8, 4) is 17.6 Å². The molecule has 0 saturated heterocycles. The molecular formula is C22H23ClN2O3. The number of hydrogen-bond donors (Lipinski definition) is 1. The summed E-state index contributed by atoms with van der Waals surface area (Å²) in [5.74, 6) is 0.791. The van der Waals surface area contributed by atoms with E-state index in [-0.39, 0.29) is 11.7 Å². The number of nitrogens with zero attached hydrogens (tertiary/aromatic N) is 1. The van der Waals surface area contributed by atoms with Crippen molar-refractivity contribution in [1.29, 1.82) is 5.26 Å². The van der Waals surface area contributed by atoms with E-state index in [0.717, 1.165) is 6.42 Å². The molecule has 2 aromatic carbocycles. The number of nitrogens with one attached hydrogen (secondary N) is 1. The third-order valence-electron chi connectivity index (χ3n) is 3.96. The van der Waals surface area contributed by atoms with E-state index >= 15 is 0 Å². The van der Waals surface area contributed by atoms with Gasteiger partial charge in [0.25, 0.3) is 5.91 Å². The molecule has 0 fully saturated rings. The number of ether oxygens (including phenoxy) is 2. The molecule has 0 radical (unpaired) electrons. The molecule has 0 aliphatic carbocycles. The van der Waals surface area contributed by atoms with Crippen molar-refractivity contribution < 1.29 is 14.3 Å². The molecule has 2 rings (SSSR count). The van der Waals surface area contributed by atoms with Crippen molar-refractivity contribution in [2.24, 2.45) is 0 Å². The number of rotatable bonds is 8. The minimum Gasteiger partial charge on any atom is -0.494 e. The molecule has 1 atom stereocenters. The molecule has 5 nitrogen and oxygen atoms in total. The molecule has 0 aliphatic heterocycles. The number of benzene rings is 2. The molecule has 0 heterocycles. The maximum absolute atomic E-state index is 12.4. The highest BCUT2D eigenvalue weighted by Crippen LogP contribution is 2.28. The Labute approximate surface area is 170 Å². The minimum absolute atomic E-state index is 0.0273. The third-order valence-corrected chi connectivity index (χ3v) is 4.25. The lowest BCUT2D eigenvalue weighted by molar-refractivity contribution is -0.112.